The number of carbonyl (C=O) groups is 2. The highest BCUT2D eigenvalue weighted by atomic mass is 16.4. The Bertz CT molecular complexity index is 502. The van der Waals surface area contributed by atoms with Crippen LogP contribution in [0.4, 0.5) is 0 Å². The van der Waals surface area contributed by atoms with Gasteiger partial charge in [-0.3, -0.25) is 4.79 Å². The third-order valence-electron chi connectivity index (χ3n) is 3.06. The van der Waals surface area contributed by atoms with Gasteiger partial charge < -0.3 is 10.0 Å². The van der Waals surface area contributed by atoms with Crippen LogP contribution in [0.5, 0.6) is 0 Å². The molecule has 1 aromatic rings. The summed E-state index contributed by atoms with van der Waals surface area (Å²) in [4.78, 5) is 24.6. The van der Waals surface area contributed by atoms with E-state index in [1.807, 2.05) is 20.8 Å². The number of aliphatic carboxylic acids is 1. The van der Waals surface area contributed by atoms with Crippen LogP contribution in [0.15, 0.2) is 24.3 Å². The van der Waals surface area contributed by atoms with Gasteiger partial charge in [0.25, 0.3) is 5.91 Å². The molecule has 0 aliphatic carbocycles. The van der Waals surface area contributed by atoms with E-state index >= 15 is 0 Å². The molecule has 0 aromatic heterocycles. The molecule has 0 radical (unpaired) electrons. The van der Waals surface area contributed by atoms with Crippen LogP contribution in [0.2, 0.25) is 0 Å². The lowest BCUT2D eigenvalue weighted by molar-refractivity contribution is -0.131. The molecule has 1 aromatic carbocycles. The third kappa shape index (κ3) is 3.68. The summed E-state index contributed by atoms with van der Waals surface area (Å²) in [6.07, 6.45) is 2.59. The fourth-order valence-corrected chi connectivity index (χ4v) is 1.91. The summed E-state index contributed by atoms with van der Waals surface area (Å²) in [7, 11) is 0. The molecule has 0 aliphatic rings. The van der Waals surface area contributed by atoms with Gasteiger partial charge in [0.05, 0.1) is 0 Å². The second kappa shape index (κ2) is 6.73. The summed E-state index contributed by atoms with van der Waals surface area (Å²) >= 11 is 0. The standard InChI is InChI=1S/C15H19NO3/c1-4-16(5-2)15(19)13-8-6-7-12(11(13)3)9-10-14(17)18/h6-10H,4-5H2,1-3H3,(H,17,18)/b10-9+. The van der Waals surface area contributed by atoms with Gasteiger partial charge in [-0.25, -0.2) is 4.79 Å². The van der Waals surface area contributed by atoms with Crippen molar-refractivity contribution >= 4 is 18.0 Å². The van der Waals surface area contributed by atoms with E-state index in [4.69, 9.17) is 5.11 Å². The first-order valence-corrected chi connectivity index (χ1v) is 6.31. The molecule has 4 heteroatoms. The van der Waals surface area contributed by atoms with E-state index < -0.39 is 5.97 Å². The molecule has 0 fully saturated rings. The van der Waals surface area contributed by atoms with Crippen LogP contribution in [-0.4, -0.2) is 35.0 Å². The Morgan fingerprint density at radius 2 is 1.89 bits per heavy atom. The van der Waals surface area contributed by atoms with Crippen molar-refractivity contribution in [3.05, 3.63) is 41.0 Å². The minimum Gasteiger partial charge on any atom is -0.478 e. The lowest BCUT2D eigenvalue weighted by atomic mass is 10.0. The molecule has 0 bridgehead atoms. The van der Waals surface area contributed by atoms with Gasteiger partial charge in [0.2, 0.25) is 0 Å². The summed E-state index contributed by atoms with van der Waals surface area (Å²) in [6, 6.07) is 5.34. The molecule has 1 amide bonds. The van der Waals surface area contributed by atoms with Crippen molar-refractivity contribution in [3.63, 3.8) is 0 Å². The van der Waals surface area contributed by atoms with Crippen LogP contribution in [0.3, 0.4) is 0 Å². The minimum atomic E-state index is -1.00. The van der Waals surface area contributed by atoms with E-state index in [-0.39, 0.29) is 5.91 Å². The highest BCUT2D eigenvalue weighted by molar-refractivity contribution is 5.97. The Balaban J connectivity index is 3.13. The molecule has 1 rings (SSSR count). The van der Waals surface area contributed by atoms with E-state index in [9.17, 15) is 9.59 Å². The van der Waals surface area contributed by atoms with E-state index in [2.05, 4.69) is 0 Å². The highest BCUT2D eigenvalue weighted by Crippen LogP contribution is 2.17. The number of carbonyl (C=O) groups excluding carboxylic acids is 1. The lowest BCUT2D eigenvalue weighted by Crippen LogP contribution is -2.31. The van der Waals surface area contributed by atoms with Crippen molar-refractivity contribution in [1.82, 2.24) is 4.90 Å². The number of nitrogens with zero attached hydrogens (tertiary/aromatic N) is 1. The molecule has 0 spiro atoms. The number of hydrogen-bond acceptors (Lipinski definition) is 2. The molecule has 1 N–H and O–H groups in total. The predicted octanol–water partition coefficient (Wildman–Crippen LogP) is 2.57. The second-order valence-electron chi connectivity index (χ2n) is 4.17. The Hall–Kier alpha value is -2.10. The lowest BCUT2D eigenvalue weighted by Gasteiger charge is -2.20. The Kier molecular flexibility index (Phi) is 5.30. The van der Waals surface area contributed by atoms with E-state index in [1.165, 1.54) is 6.08 Å². The van der Waals surface area contributed by atoms with Gasteiger partial charge in [0.1, 0.15) is 0 Å². The van der Waals surface area contributed by atoms with Crippen molar-refractivity contribution in [2.24, 2.45) is 0 Å². The first-order chi connectivity index (χ1) is 9.01. The maximum absolute atomic E-state index is 12.3. The maximum Gasteiger partial charge on any atom is 0.328 e. The van der Waals surface area contributed by atoms with Crippen LogP contribution in [-0.2, 0) is 4.79 Å². The zero-order valence-electron chi connectivity index (χ0n) is 11.5. The fourth-order valence-electron chi connectivity index (χ4n) is 1.91. The van der Waals surface area contributed by atoms with Gasteiger partial charge in [0, 0.05) is 24.7 Å². The molecule has 0 atom stereocenters. The molecule has 0 saturated carbocycles. The van der Waals surface area contributed by atoms with Crippen molar-refractivity contribution < 1.29 is 14.7 Å². The van der Waals surface area contributed by atoms with Gasteiger partial charge in [-0.2, -0.15) is 0 Å². The van der Waals surface area contributed by atoms with Crippen molar-refractivity contribution in [3.8, 4) is 0 Å². The van der Waals surface area contributed by atoms with Crippen LogP contribution < -0.4 is 0 Å². The zero-order valence-corrected chi connectivity index (χ0v) is 11.5. The van der Waals surface area contributed by atoms with Crippen molar-refractivity contribution in [2.45, 2.75) is 20.8 Å². The molecule has 0 saturated heterocycles. The molecule has 102 valence electrons. The molecular weight excluding hydrogens is 242 g/mol. The minimum absolute atomic E-state index is 0.0203. The van der Waals surface area contributed by atoms with Crippen LogP contribution >= 0.6 is 0 Å². The average molecular weight is 261 g/mol. The molecular formula is C15H19NO3. The number of hydrogen-bond donors (Lipinski definition) is 1. The Labute approximate surface area is 113 Å². The predicted molar refractivity (Wildman–Crippen MR) is 75.1 cm³/mol. The molecule has 4 nitrogen and oxygen atoms in total. The smallest absolute Gasteiger partial charge is 0.328 e. The summed E-state index contributed by atoms with van der Waals surface area (Å²) in [5.41, 5.74) is 2.17. The number of benzene rings is 1. The number of carboxylic acid groups (broad SMARTS) is 1. The summed E-state index contributed by atoms with van der Waals surface area (Å²) in [5, 5.41) is 8.65. The molecule has 0 heterocycles. The van der Waals surface area contributed by atoms with Crippen LogP contribution in [0.25, 0.3) is 6.08 Å². The summed E-state index contributed by atoms with van der Waals surface area (Å²) in [5.74, 6) is -1.02. The normalized spacial score (nSPS) is 10.7. The van der Waals surface area contributed by atoms with Gasteiger partial charge in [-0.05, 0) is 44.0 Å². The zero-order chi connectivity index (χ0) is 14.4. The third-order valence-corrected chi connectivity index (χ3v) is 3.06. The molecule has 0 unspecified atom stereocenters. The largest absolute Gasteiger partial charge is 0.478 e. The van der Waals surface area contributed by atoms with Crippen molar-refractivity contribution in [2.75, 3.05) is 13.1 Å². The second-order valence-corrected chi connectivity index (χ2v) is 4.17. The highest BCUT2D eigenvalue weighted by Gasteiger charge is 2.15. The maximum atomic E-state index is 12.3. The summed E-state index contributed by atoms with van der Waals surface area (Å²) in [6.45, 7) is 7.02. The Morgan fingerprint density at radius 1 is 1.26 bits per heavy atom. The first-order valence-electron chi connectivity index (χ1n) is 6.31. The van der Waals surface area contributed by atoms with Crippen LogP contribution in [0, 0.1) is 6.92 Å². The van der Waals surface area contributed by atoms with E-state index in [0.29, 0.717) is 18.7 Å². The van der Waals surface area contributed by atoms with Crippen LogP contribution in [0.1, 0.15) is 35.3 Å². The summed E-state index contributed by atoms with van der Waals surface area (Å²) < 4.78 is 0. The monoisotopic (exact) mass is 261 g/mol. The fraction of sp³-hybridized carbons (Fsp3) is 0.333. The van der Waals surface area contributed by atoms with Gasteiger partial charge in [-0.1, -0.05) is 12.1 Å². The molecule has 0 aliphatic heterocycles. The van der Waals surface area contributed by atoms with Crippen molar-refractivity contribution in [1.29, 1.82) is 0 Å². The number of rotatable bonds is 5. The first kappa shape index (κ1) is 15.0. The van der Waals surface area contributed by atoms with Gasteiger partial charge >= 0.3 is 5.97 Å². The Morgan fingerprint density at radius 3 is 2.42 bits per heavy atom. The average Bonchev–Trinajstić information content (AvgIpc) is 2.38. The topological polar surface area (TPSA) is 57.6 Å². The SMILES string of the molecule is CCN(CC)C(=O)c1cccc(/C=C/C(=O)O)c1C. The molecule has 19 heavy (non-hydrogen) atoms. The quantitative estimate of drug-likeness (QED) is 0.829. The number of amides is 1. The number of carboxylic acids is 1. The van der Waals surface area contributed by atoms with Gasteiger partial charge in [-0.15, -0.1) is 0 Å². The van der Waals surface area contributed by atoms with E-state index in [0.717, 1.165) is 17.2 Å². The van der Waals surface area contributed by atoms with E-state index in [1.54, 1.807) is 23.1 Å². The van der Waals surface area contributed by atoms with Gasteiger partial charge in [0.15, 0.2) is 0 Å².